The van der Waals surface area contributed by atoms with Gasteiger partial charge in [-0.3, -0.25) is 4.90 Å². The highest BCUT2D eigenvalue weighted by Crippen LogP contribution is 2.18. The SMILES string of the molecule is NC1CCN2CCOCC12. The summed E-state index contributed by atoms with van der Waals surface area (Å²) in [5.41, 5.74) is 5.87. The minimum atomic E-state index is 0.361. The summed E-state index contributed by atoms with van der Waals surface area (Å²) in [6, 6.07) is 0.883. The first-order valence-corrected chi connectivity index (χ1v) is 3.95. The molecule has 0 aliphatic carbocycles. The van der Waals surface area contributed by atoms with Crippen molar-refractivity contribution >= 4 is 0 Å². The standard InChI is InChI=1S/C7H14N2O/c8-6-1-2-9-3-4-10-5-7(6)9/h6-7H,1-5,8H2. The average molecular weight is 142 g/mol. The van der Waals surface area contributed by atoms with Gasteiger partial charge < -0.3 is 10.5 Å². The van der Waals surface area contributed by atoms with E-state index in [1.54, 1.807) is 0 Å². The Morgan fingerprint density at radius 1 is 1.40 bits per heavy atom. The molecule has 0 aromatic rings. The van der Waals surface area contributed by atoms with Crippen LogP contribution in [0.2, 0.25) is 0 Å². The number of hydrogen-bond donors (Lipinski definition) is 1. The van der Waals surface area contributed by atoms with Crippen molar-refractivity contribution in [1.82, 2.24) is 4.90 Å². The van der Waals surface area contributed by atoms with Crippen LogP contribution in [0.25, 0.3) is 0 Å². The molecule has 10 heavy (non-hydrogen) atoms. The monoisotopic (exact) mass is 142 g/mol. The molecule has 0 bridgehead atoms. The molecule has 2 aliphatic rings. The maximum absolute atomic E-state index is 5.87. The molecule has 2 N–H and O–H groups in total. The lowest BCUT2D eigenvalue weighted by atomic mass is 10.1. The van der Waals surface area contributed by atoms with E-state index in [1.165, 1.54) is 6.54 Å². The van der Waals surface area contributed by atoms with E-state index in [-0.39, 0.29) is 0 Å². The second-order valence-corrected chi connectivity index (χ2v) is 3.13. The van der Waals surface area contributed by atoms with E-state index in [4.69, 9.17) is 10.5 Å². The Kier molecular flexibility index (Phi) is 1.64. The van der Waals surface area contributed by atoms with Crippen LogP contribution < -0.4 is 5.73 Å². The predicted molar refractivity (Wildman–Crippen MR) is 38.8 cm³/mol. The first-order valence-electron chi connectivity index (χ1n) is 3.95. The summed E-state index contributed by atoms with van der Waals surface area (Å²) in [5, 5.41) is 0. The second kappa shape index (κ2) is 2.49. The highest BCUT2D eigenvalue weighted by Gasteiger charge is 2.33. The van der Waals surface area contributed by atoms with Crippen LogP contribution in [0.5, 0.6) is 0 Å². The third-order valence-corrected chi connectivity index (χ3v) is 2.52. The molecule has 3 heteroatoms. The summed E-state index contributed by atoms with van der Waals surface area (Å²) in [7, 11) is 0. The first kappa shape index (κ1) is 6.58. The zero-order valence-electron chi connectivity index (χ0n) is 6.12. The quantitative estimate of drug-likeness (QED) is 0.491. The number of hydrogen-bond acceptors (Lipinski definition) is 3. The Bertz CT molecular complexity index is 127. The molecule has 2 saturated heterocycles. The van der Waals surface area contributed by atoms with E-state index in [1.807, 2.05) is 0 Å². The highest BCUT2D eigenvalue weighted by atomic mass is 16.5. The van der Waals surface area contributed by atoms with Crippen LogP contribution in [-0.2, 0) is 4.74 Å². The summed E-state index contributed by atoms with van der Waals surface area (Å²) < 4.78 is 5.33. The van der Waals surface area contributed by atoms with Crippen LogP contribution >= 0.6 is 0 Å². The molecule has 0 aromatic carbocycles. The van der Waals surface area contributed by atoms with Gasteiger partial charge in [0.1, 0.15) is 0 Å². The number of morpholine rings is 1. The molecule has 2 aliphatic heterocycles. The largest absolute Gasteiger partial charge is 0.378 e. The highest BCUT2D eigenvalue weighted by molar-refractivity contribution is 4.91. The molecule has 0 amide bonds. The van der Waals surface area contributed by atoms with Crippen LogP contribution in [0.1, 0.15) is 6.42 Å². The van der Waals surface area contributed by atoms with Gasteiger partial charge in [0.15, 0.2) is 0 Å². The Hall–Kier alpha value is -0.120. The normalized spacial score (nSPS) is 41.7. The van der Waals surface area contributed by atoms with E-state index in [9.17, 15) is 0 Å². The molecule has 2 rings (SSSR count). The first-order chi connectivity index (χ1) is 4.88. The van der Waals surface area contributed by atoms with Gasteiger partial charge >= 0.3 is 0 Å². The fourth-order valence-corrected chi connectivity index (χ4v) is 1.84. The molecule has 0 saturated carbocycles. The van der Waals surface area contributed by atoms with Crippen molar-refractivity contribution in [3.8, 4) is 0 Å². The lowest BCUT2D eigenvalue weighted by molar-refractivity contribution is 0.00902. The van der Waals surface area contributed by atoms with Crippen molar-refractivity contribution in [2.24, 2.45) is 5.73 Å². The van der Waals surface area contributed by atoms with Gasteiger partial charge in [-0.25, -0.2) is 0 Å². The number of nitrogens with zero attached hydrogens (tertiary/aromatic N) is 1. The van der Waals surface area contributed by atoms with Crippen molar-refractivity contribution < 1.29 is 4.74 Å². The minimum Gasteiger partial charge on any atom is -0.378 e. The molecular weight excluding hydrogens is 128 g/mol. The van der Waals surface area contributed by atoms with E-state index in [0.29, 0.717) is 12.1 Å². The van der Waals surface area contributed by atoms with Crippen molar-refractivity contribution in [1.29, 1.82) is 0 Å². The summed E-state index contributed by atoms with van der Waals surface area (Å²) in [6.45, 7) is 4.00. The van der Waals surface area contributed by atoms with Crippen LogP contribution in [0.3, 0.4) is 0 Å². The molecule has 0 spiro atoms. The third-order valence-electron chi connectivity index (χ3n) is 2.52. The van der Waals surface area contributed by atoms with E-state index in [0.717, 1.165) is 26.2 Å². The molecule has 2 unspecified atom stereocenters. The van der Waals surface area contributed by atoms with Crippen molar-refractivity contribution in [3.63, 3.8) is 0 Å². The Labute approximate surface area is 61.1 Å². The van der Waals surface area contributed by atoms with E-state index >= 15 is 0 Å². The number of ether oxygens (including phenoxy) is 1. The van der Waals surface area contributed by atoms with Gasteiger partial charge in [-0.2, -0.15) is 0 Å². The molecule has 3 nitrogen and oxygen atoms in total. The van der Waals surface area contributed by atoms with Crippen LogP contribution in [0.4, 0.5) is 0 Å². The van der Waals surface area contributed by atoms with Crippen LogP contribution in [-0.4, -0.2) is 43.3 Å². The van der Waals surface area contributed by atoms with Gasteiger partial charge in [-0.1, -0.05) is 0 Å². The Balaban J connectivity index is 2.01. The second-order valence-electron chi connectivity index (χ2n) is 3.13. The van der Waals surface area contributed by atoms with E-state index < -0.39 is 0 Å². The lowest BCUT2D eigenvalue weighted by Crippen LogP contribution is -2.47. The maximum atomic E-state index is 5.87. The molecule has 0 aromatic heterocycles. The number of fused-ring (bicyclic) bond motifs is 1. The van der Waals surface area contributed by atoms with Crippen molar-refractivity contribution in [2.45, 2.75) is 18.5 Å². The van der Waals surface area contributed by atoms with Crippen molar-refractivity contribution in [3.05, 3.63) is 0 Å². The molecule has 0 radical (unpaired) electrons. The van der Waals surface area contributed by atoms with Gasteiger partial charge in [0.2, 0.25) is 0 Å². The molecule has 2 atom stereocenters. The summed E-state index contributed by atoms with van der Waals surface area (Å²) in [4.78, 5) is 2.44. The Morgan fingerprint density at radius 2 is 2.30 bits per heavy atom. The van der Waals surface area contributed by atoms with Crippen LogP contribution in [0, 0.1) is 0 Å². The smallest absolute Gasteiger partial charge is 0.0637 e. The Morgan fingerprint density at radius 3 is 3.10 bits per heavy atom. The topological polar surface area (TPSA) is 38.5 Å². The predicted octanol–water partition coefficient (Wildman–Crippen LogP) is -0.582. The number of nitrogens with two attached hydrogens (primary N) is 1. The lowest BCUT2D eigenvalue weighted by Gasteiger charge is -2.30. The maximum Gasteiger partial charge on any atom is 0.0637 e. The zero-order valence-corrected chi connectivity index (χ0v) is 6.12. The van der Waals surface area contributed by atoms with Gasteiger partial charge in [0, 0.05) is 25.2 Å². The zero-order chi connectivity index (χ0) is 6.97. The van der Waals surface area contributed by atoms with Gasteiger partial charge in [0.25, 0.3) is 0 Å². The third kappa shape index (κ3) is 0.944. The fourth-order valence-electron chi connectivity index (χ4n) is 1.84. The summed E-state index contributed by atoms with van der Waals surface area (Å²) in [5.74, 6) is 0. The molecule has 58 valence electrons. The summed E-state index contributed by atoms with van der Waals surface area (Å²) >= 11 is 0. The van der Waals surface area contributed by atoms with Gasteiger partial charge in [-0.05, 0) is 6.42 Å². The average Bonchev–Trinajstić information content (AvgIpc) is 2.34. The molecule has 2 heterocycles. The van der Waals surface area contributed by atoms with E-state index in [2.05, 4.69) is 4.90 Å². The summed E-state index contributed by atoms with van der Waals surface area (Å²) in [6.07, 6.45) is 1.15. The number of rotatable bonds is 0. The van der Waals surface area contributed by atoms with Crippen LogP contribution in [0.15, 0.2) is 0 Å². The van der Waals surface area contributed by atoms with Gasteiger partial charge in [0.05, 0.1) is 13.2 Å². The molecular formula is C7H14N2O. The minimum absolute atomic E-state index is 0.361. The molecule has 2 fully saturated rings. The van der Waals surface area contributed by atoms with Gasteiger partial charge in [-0.15, -0.1) is 0 Å². The fraction of sp³-hybridized carbons (Fsp3) is 1.00. The van der Waals surface area contributed by atoms with Crippen molar-refractivity contribution in [2.75, 3.05) is 26.3 Å².